The second-order valence-corrected chi connectivity index (χ2v) is 16.2. The zero-order valence-corrected chi connectivity index (χ0v) is 36.0. The summed E-state index contributed by atoms with van der Waals surface area (Å²) in [6.07, 6.45) is 44.8. The lowest BCUT2D eigenvalue weighted by Crippen LogP contribution is -2.41. The van der Waals surface area contributed by atoms with Gasteiger partial charge < -0.3 is 26.6 Å². The molecule has 7 nitrogen and oxygen atoms in total. The number of nitrogens with two attached hydrogens (primary N) is 1. The second-order valence-electron chi connectivity index (χ2n) is 16.2. The van der Waals surface area contributed by atoms with Gasteiger partial charge in [0, 0.05) is 39.1 Å². The molecule has 0 saturated heterocycles. The SMILES string of the molecule is CCCCCCCCCCCCCCCCCCN(CCCCCCCCCCCCCCCCCC)C(=O)CNC(=O)CCNCCCNCCN. The molecule has 5 N–H and O–H groups in total. The number of hydrogen-bond donors (Lipinski definition) is 4. The van der Waals surface area contributed by atoms with Gasteiger partial charge in [-0.2, -0.15) is 0 Å². The number of carbonyl (C=O) groups excluding carboxylic acids is 2. The molecule has 53 heavy (non-hydrogen) atoms. The molecule has 0 bridgehead atoms. The number of hydrogen-bond acceptors (Lipinski definition) is 5. The van der Waals surface area contributed by atoms with Crippen molar-refractivity contribution in [1.29, 1.82) is 0 Å². The van der Waals surface area contributed by atoms with Crippen molar-refractivity contribution in [2.24, 2.45) is 5.73 Å². The maximum atomic E-state index is 13.2. The summed E-state index contributed by atoms with van der Waals surface area (Å²) < 4.78 is 0. The monoisotopic (exact) mass is 750 g/mol. The molecule has 0 aromatic heterocycles. The zero-order valence-electron chi connectivity index (χ0n) is 36.0. The highest BCUT2D eigenvalue weighted by Gasteiger charge is 2.14. The Morgan fingerprint density at radius 1 is 0.415 bits per heavy atom. The zero-order chi connectivity index (χ0) is 38.6. The summed E-state index contributed by atoms with van der Waals surface area (Å²) in [5.41, 5.74) is 5.50. The second kappa shape index (κ2) is 45.2. The standard InChI is InChI=1S/C46H95N5O2/c1-3-5-7-9-11-13-15-17-19-21-23-25-27-29-31-33-42-51(46(53)44-50-45(52)36-40-48-38-35-39-49-41-37-47)43-34-32-30-28-26-24-22-20-18-16-14-12-10-8-6-4-2/h48-49H,3-44,47H2,1-2H3,(H,50,52). The van der Waals surface area contributed by atoms with Crippen molar-refractivity contribution in [3.63, 3.8) is 0 Å². The highest BCUT2D eigenvalue weighted by molar-refractivity contribution is 5.84. The van der Waals surface area contributed by atoms with E-state index in [1.54, 1.807) is 0 Å². The molecule has 0 spiro atoms. The molecule has 0 rings (SSSR count). The van der Waals surface area contributed by atoms with Crippen LogP contribution in [0.25, 0.3) is 0 Å². The minimum Gasteiger partial charge on any atom is -0.347 e. The van der Waals surface area contributed by atoms with Crippen LogP contribution >= 0.6 is 0 Å². The lowest BCUT2D eigenvalue weighted by atomic mass is 10.0. The molecule has 7 heteroatoms. The van der Waals surface area contributed by atoms with Gasteiger partial charge in [0.25, 0.3) is 0 Å². The third-order valence-corrected chi connectivity index (χ3v) is 10.9. The summed E-state index contributed by atoms with van der Waals surface area (Å²) in [5, 5.41) is 9.50. The van der Waals surface area contributed by atoms with Gasteiger partial charge in [-0.15, -0.1) is 0 Å². The third kappa shape index (κ3) is 41.8. The number of nitrogens with zero attached hydrogens (tertiary/aromatic N) is 1. The van der Waals surface area contributed by atoms with Crippen LogP contribution in [0.3, 0.4) is 0 Å². The van der Waals surface area contributed by atoms with Crippen LogP contribution in [0.2, 0.25) is 0 Å². The molecule has 0 aromatic rings. The van der Waals surface area contributed by atoms with Crippen molar-refractivity contribution >= 4 is 11.8 Å². The van der Waals surface area contributed by atoms with Crippen molar-refractivity contribution in [2.45, 2.75) is 232 Å². The van der Waals surface area contributed by atoms with Gasteiger partial charge in [0.1, 0.15) is 0 Å². The Hall–Kier alpha value is -1.18. The first-order valence-corrected chi connectivity index (χ1v) is 23.8. The van der Waals surface area contributed by atoms with E-state index < -0.39 is 0 Å². The lowest BCUT2D eigenvalue weighted by Gasteiger charge is -2.23. The fourth-order valence-electron chi connectivity index (χ4n) is 7.33. The molecule has 0 heterocycles. The van der Waals surface area contributed by atoms with Gasteiger partial charge in [0.2, 0.25) is 11.8 Å². The van der Waals surface area contributed by atoms with Crippen molar-refractivity contribution < 1.29 is 9.59 Å². The molecular weight excluding hydrogens is 655 g/mol. The molecule has 316 valence electrons. The average Bonchev–Trinajstić information content (AvgIpc) is 3.16. The van der Waals surface area contributed by atoms with E-state index in [0.717, 1.165) is 52.0 Å². The molecule has 0 aromatic carbocycles. The summed E-state index contributed by atoms with van der Waals surface area (Å²) in [5.74, 6) is 0.0380. The van der Waals surface area contributed by atoms with E-state index in [0.29, 0.717) is 19.5 Å². The van der Waals surface area contributed by atoms with Crippen LogP contribution in [-0.2, 0) is 9.59 Å². The molecule has 0 atom stereocenters. The molecular formula is C46H95N5O2. The molecule has 0 fully saturated rings. The Morgan fingerprint density at radius 3 is 1.08 bits per heavy atom. The molecule has 0 aliphatic carbocycles. The Bertz CT molecular complexity index is 701. The van der Waals surface area contributed by atoms with E-state index in [1.807, 2.05) is 4.90 Å². The summed E-state index contributed by atoms with van der Waals surface area (Å²) >= 11 is 0. The smallest absolute Gasteiger partial charge is 0.241 e. The first-order valence-electron chi connectivity index (χ1n) is 23.8. The quantitative estimate of drug-likeness (QED) is 0.0465. The Morgan fingerprint density at radius 2 is 0.736 bits per heavy atom. The van der Waals surface area contributed by atoms with Gasteiger partial charge in [-0.3, -0.25) is 9.59 Å². The fraction of sp³-hybridized carbons (Fsp3) is 0.957. The van der Waals surface area contributed by atoms with Crippen molar-refractivity contribution in [3.8, 4) is 0 Å². The lowest BCUT2D eigenvalue weighted by molar-refractivity contribution is -0.133. The van der Waals surface area contributed by atoms with Gasteiger partial charge in [-0.1, -0.05) is 206 Å². The van der Waals surface area contributed by atoms with Gasteiger partial charge in [0.15, 0.2) is 0 Å². The molecule has 0 aliphatic rings. The van der Waals surface area contributed by atoms with Crippen LogP contribution in [-0.4, -0.2) is 69.1 Å². The first kappa shape index (κ1) is 51.8. The Kier molecular flexibility index (Phi) is 44.2. The average molecular weight is 750 g/mol. The first-order chi connectivity index (χ1) is 26.2. The van der Waals surface area contributed by atoms with Crippen LogP contribution in [0.4, 0.5) is 0 Å². The molecule has 0 aliphatic heterocycles. The largest absolute Gasteiger partial charge is 0.347 e. The van der Waals surface area contributed by atoms with Crippen molar-refractivity contribution in [2.75, 3.05) is 52.4 Å². The van der Waals surface area contributed by atoms with Crippen molar-refractivity contribution in [3.05, 3.63) is 0 Å². The molecule has 0 saturated carbocycles. The minimum absolute atomic E-state index is 0.0446. The van der Waals surface area contributed by atoms with E-state index in [9.17, 15) is 9.59 Å². The highest BCUT2D eigenvalue weighted by atomic mass is 16.2. The Balaban J connectivity index is 4.16. The van der Waals surface area contributed by atoms with Gasteiger partial charge in [0.05, 0.1) is 6.54 Å². The van der Waals surface area contributed by atoms with Crippen LogP contribution in [0.1, 0.15) is 232 Å². The van der Waals surface area contributed by atoms with Crippen LogP contribution in [0, 0.1) is 0 Å². The van der Waals surface area contributed by atoms with Crippen molar-refractivity contribution in [1.82, 2.24) is 20.9 Å². The topological polar surface area (TPSA) is 99.5 Å². The van der Waals surface area contributed by atoms with Crippen LogP contribution < -0.4 is 21.7 Å². The number of nitrogens with one attached hydrogen (secondary N) is 3. The van der Waals surface area contributed by atoms with Crippen LogP contribution in [0.5, 0.6) is 0 Å². The van der Waals surface area contributed by atoms with E-state index in [1.165, 1.54) is 193 Å². The number of carbonyl (C=O) groups is 2. The molecule has 2 amide bonds. The fourth-order valence-corrected chi connectivity index (χ4v) is 7.33. The number of unbranched alkanes of at least 4 members (excludes halogenated alkanes) is 30. The maximum absolute atomic E-state index is 13.2. The van der Waals surface area contributed by atoms with Gasteiger partial charge in [-0.25, -0.2) is 0 Å². The minimum atomic E-state index is -0.0446. The van der Waals surface area contributed by atoms with E-state index >= 15 is 0 Å². The number of amides is 2. The summed E-state index contributed by atoms with van der Waals surface area (Å²) in [4.78, 5) is 27.7. The highest BCUT2D eigenvalue weighted by Crippen LogP contribution is 2.16. The van der Waals surface area contributed by atoms with E-state index in [-0.39, 0.29) is 18.4 Å². The third-order valence-electron chi connectivity index (χ3n) is 10.9. The summed E-state index contributed by atoms with van der Waals surface area (Å²) in [6, 6.07) is 0. The predicted octanol–water partition coefficient (Wildman–Crippen LogP) is 11.4. The number of rotatable bonds is 45. The summed E-state index contributed by atoms with van der Waals surface area (Å²) in [7, 11) is 0. The predicted molar refractivity (Wildman–Crippen MR) is 233 cm³/mol. The Labute approximate surface area is 331 Å². The van der Waals surface area contributed by atoms with E-state index in [2.05, 4.69) is 29.8 Å². The summed E-state index contributed by atoms with van der Waals surface area (Å²) in [6.45, 7) is 10.3. The van der Waals surface area contributed by atoms with Gasteiger partial charge >= 0.3 is 0 Å². The van der Waals surface area contributed by atoms with Crippen LogP contribution in [0.15, 0.2) is 0 Å². The molecule has 0 radical (unpaired) electrons. The van der Waals surface area contributed by atoms with E-state index in [4.69, 9.17) is 5.73 Å². The normalized spacial score (nSPS) is 11.4. The molecule has 0 unspecified atom stereocenters. The van der Waals surface area contributed by atoms with Gasteiger partial charge in [-0.05, 0) is 32.4 Å². The maximum Gasteiger partial charge on any atom is 0.241 e.